The van der Waals surface area contributed by atoms with Crippen molar-refractivity contribution in [2.45, 2.75) is 122 Å². The first kappa shape index (κ1) is 54.0. The van der Waals surface area contributed by atoms with E-state index >= 15 is 0 Å². The van der Waals surface area contributed by atoms with Crippen LogP contribution in [0.2, 0.25) is 0 Å². The van der Waals surface area contributed by atoms with Gasteiger partial charge in [-0.25, -0.2) is 0 Å². The highest BCUT2D eigenvalue weighted by molar-refractivity contribution is 5.97. The van der Waals surface area contributed by atoms with Gasteiger partial charge in [0.2, 0.25) is 53.2 Å². The maximum absolute atomic E-state index is 13.5. The van der Waals surface area contributed by atoms with Crippen molar-refractivity contribution in [2.75, 3.05) is 45.8 Å². The molecule has 0 saturated heterocycles. The molecule has 23 nitrogen and oxygen atoms in total. The van der Waals surface area contributed by atoms with Gasteiger partial charge in [-0.1, -0.05) is 20.8 Å². The lowest BCUT2D eigenvalue weighted by Gasteiger charge is -2.27. The van der Waals surface area contributed by atoms with Gasteiger partial charge >= 0.3 is 0 Å². The van der Waals surface area contributed by atoms with E-state index in [4.69, 9.17) is 22.9 Å². The predicted octanol–water partition coefficient (Wildman–Crippen LogP) is -6.11. The van der Waals surface area contributed by atoms with Crippen molar-refractivity contribution in [1.82, 2.24) is 47.9 Å². The third-order valence-electron chi connectivity index (χ3n) is 8.49. The molecule has 338 valence electrons. The van der Waals surface area contributed by atoms with E-state index in [0.717, 1.165) is 0 Å². The van der Waals surface area contributed by atoms with E-state index < -0.39 is 103 Å². The third-order valence-corrected chi connectivity index (χ3v) is 8.49. The quantitative estimate of drug-likeness (QED) is 0.0320. The van der Waals surface area contributed by atoms with Crippen LogP contribution in [0.3, 0.4) is 0 Å². The molecule has 9 amide bonds. The predicted molar refractivity (Wildman–Crippen MR) is 217 cm³/mol. The van der Waals surface area contributed by atoms with Gasteiger partial charge in [-0.3, -0.25) is 43.2 Å². The van der Waals surface area contributed by atoms with Crippen molar-refractivity contribution in [1.29, 1.82) is 0 Å². The van der Waals surface area contributed by atoms with Crippen molar-refractivity contribution in [3.8, 4) is 0 Å². The average molecular weight is 844 g/mol. The molecule has 18 N–H and O–H groups in total. The van der Waals surface area contributed by atoms with Gasteiger partial charge in [0.05, 0.1) is 19.2 Å². The van der Waals surface area contributed by atoms with Gasteiger partial charge in [0.1, 0.15) is 36.3 Å². The molecule has 59 heavy (non-hydrogen) atoms. The number of nitrogens with two attached hydrogens (primary N) is 4. The molecule has 0 aliphatic rings. The number of hydrogen-bond donors (Lipinski definition) is 14. The summed E-state index contributed by atoms with van der Waals surface area (Å²) in [5, 5.41) is 32.4. The summed E-state index contributed by atoms with van der Waals surface area (Å²) in [6.45, 7) is 7.44. The molecule has 0 radical (unpaired) electrons. The van der Waals surface area contributed by atoms with E-state index in [0.29, 0.717) is 6.42 Å². The average Bonchev–Trinajstić information content (AvgIpc) is 3.16. The maximum atomic E-state index is 13.5. The van der Waals surface area contributed by atoms with Crippen LogP contribution in [-0.4, -0.2) is 146 Å². The maximum Gasteiger partial charge on any atom is 0.245 e. The Morgan fingerprint density at radius 2 is 0.847 bits per heavy atom. The summed E-state index contributed by atoms with van der Waals surface area (Å²) in [7, 11) is 0. The van der Waals surface area contributed by atoms with Gasteiger partial charge in [-0.2, -0.15) is 0 Å². The molecule has 0 bridgehead atoms. The number of carbonyl (C=O) groups excluding carboxylic acids is 9. The topological polar surface area (TPSA) is 386 Å². The molecule has 0 aromatic heterocycles. The van der Waals surface area contributed by atoms with Crippen molar-refractivity contribution >= 4 is 53.2 Å². The highest BCUT2D eigenvalue weighted by atomic mass is 16.3. The van der Waals surface area contributed by atoms with E-state index in [1.807, 2.05) is 0 Å². The second kappa shape index (κ2) is 30.1. The summed E-state index contributed by atoms with van der Waals surface area (Å²) in [5.41, 5.74) is 22.6. The Hall–Kier alpha value is -4.97. The number of amides is 9. The molecular weight excluding hydrogens is 774 g/mol. The highest BCUT2D eigenvalue weighted by Gasteiger charge is 2.33. The zero-order chi connectivity index (χ0) is 45.1. The fourth-order valence-electron chi connectivity index (χ4n) is 5.50. The first-order valence-electron chi connectivity index (χ1n) is 20.0. The van der Waals surface area contributed by atoms with Gasteiger partial charge in [0.15, 0.2) is 0 Å². The van der Waals surface area contributed by atoms with Crippen LogP contribution in [0.25, 0.3) is 0 Å². The monoisotopic (exact) mass is 844 g/mol. The Balaban J connectivity index is 5.61. The summed E-state index contributed by atoms with van der Waals surface area (Å²) in [6.07, 6.45) is -0.379. The van der Waals surface area contributed by atoms with E-state index in [2.05, 4.69) is 47.9 Å². The summed E-state index contributed by atoms with van der Waals surface area (Å²) < 4.78 is 0. The van der Waals surface area contributed by atoms with E-state index in [1.165, 1.54) is 6.92 Å². The summed E-state index contributed by atoms with van der Waals surface area (Å²) >= 11 is 0. The van der Waals surface area contributed by atoms with Gasteiger partial charge in [-0.05, 0) is 84.5 Å². The molecule has 0 aromatic rings. The minimum atomic E-state index is -1.32. The van der Waals surface area contributed by atoms with Crippen LogP contribution >= 0.6 is 0 Å². The van der Waals surface area contributed by atoms with Crippen molar-refractivity contribution in [2.24, 2.45) is 28.9 Å². The summed E-state index contributed by atoms with van der Waals surface area (Å²) in [4.78, 5) is 116. The molecule has 7 unspecified atom stereocenters. The second-order valence-corrected chi connectivity index (χ2v) is 14.2. The highest BCUT2D eigenvalue weighted by Crippen LogP contribution is 2.07. The van der Waals surface area contributed by atoms with E-state index in [9.17, 15) is 48.3 Å². The SMILES string of the molecule is CCCC(=O)NC(CCN)C(=O)NCC(=O)NC(CCN)C(=O)NCC(=O)NC(CC(C)C)C(=O)NC(CCN)C(=O)NC(CCN)C(=O)NC(C(=O)NCC)C(C)O. The van der Waals surface area contributed by atoms with Crippen LogP contribution in [0.15, 0.2) is 0 Å². The minimum absolute atomic E-state index is 0.0245. The van der Waals surface area contributed by atoms with Gasteiger partial charge in [-0.15, -0.1) is 0 Å². The van der Waals surface area contributed by atoms with Crippen LogP contribution in [-0.2, 0) is 43.2 Å². The first-order valence-corrected chi connectivity index (χ1v) is 20.0. The molecule has 0 saturated carbocycles. The zero-order valence-electron chi connectivity index (χ0n) is 34.9. The van der Waals surface area contributed by atoms with Crippen LogP contribution in [0.1, 0.15) is 79.6 Å². The Morgan fingerprint density at radius 1 is 0.475 bits per heavy atom. The van der Waals surface area contributed by atoms with E-state index in [-0.39, 0.29) is 83.1 Å². The Kier molecular flexibility index (Phi) is 27.6. The molecule has 0 aliphatic carbocycles. The standard InChI is InChI=1S/C36H69N13O10/c1-6-8-27(51)44-22(9-13-37)31(54)42-18-28(52)45-23(10-14-38)32(55)43-19-29(53)46-26(17-20(3)4)35(58)48-24(11-15-39)33(56)47-25(12-16-40)34(57)49-30(21(5)50)36(59)41-7-2/h20-26,30,50H,6-19,37-40H2,1-5H3,(H,41,59)(H,42,54)(H,43,55)(H,44,51)(H,45,52)(H,46,53)(H,47,56)(H,48,58)(H,49,57). The van der Waals surface area contributed by atoms with Crippen LogP contribution in [0, 0.1) is 5.92 Å². The Bertz CT molecular complexity index is 1380. The molecule has 0 rings (SSSR count). The number of hydrogen-bond acceptors (Lipinski definition) is 14. The fourth-order valence-corrected chi connectivity index (χ4v) is 5.50. The Labute approximate surface area is 345 Å². The lowest BCUT2D eigenvalue weighted by molar-refractivity contribution is -0.135. The van der Waals surface area contributed by atoms with Gasteiger partial charge in [0.25, 0.3) is 0 Å². The normalized spacial score (nSPS) is 14.5. The molecule has 0 heterocycles. The largest absolute Gasteiger partial charge is 0.391 e. The number of aliphatic hydroxyl groups is 1. The number of rotatable bonds is 30. The van der Waals surface area contributed by atoms with Crippen molar-refractivity contribution in [3.05, 3.63) is 0 Å². The first-order chi connectivity index (χ1) is 27.9. The number of aliphatic hydroxyl groups excluding tert-OH is 1. The lowest BCUT2D eigenvalue weighted by atomic mass is 10.0. The van der Waals surface area contributed by atoms with Crippen LogP contribution in [0.4, 0.5) is 0 Å². The molecule has 23 heteroatoms. The summed E-state index contributed by atoms with van der Waals surface area (Å²) in [5.74, 6) is -6.40. The molecule has 0 aliphatic heterocycles. The fraction of sp³-hybridized carbons (Fsp3) is 0.750. The molecule has 7 atom stereocenters. The second-order valence-electron chi connectivity index (χ2n) is 14.2. The van der Waals surface area contributed by atoms with E-state index in [1.54, 1.807) is 27.7 Å². The molecule has 0 spiro atoms. The lowest BCUT2D eigenvalue weighted by Crippen LogP contribution is -2.60. The van der Waals surface area contributed by atoms with Crippen molar-refractivity contribution < 1.29 is 48.3 Å². The summed E-state index contributed by atoms with van der Waals surface area (Å²) in [6, 6.07) is -7.16. The number of carbonyl (C=O) groups is 9. The van der Waals surface area contributed by atoms with Crippen molar-refractivity contribution in [3.63, 3.8) is 0 Å². The molecular formula is C36H69N13O10. The third kappa shape index (κ3) is 22.1. The number of nitrogens with one attached hydrogen (secondary N) is 9. The van der Waals surface area contributed by atoms with Crippen LogP contribution < -0.4 is 70.8 Å². The van der Waals surface area contributed by atoms with Gasteiger partial charge < -0.3 is 75.9 Å². The smallest absolute Gasteiger partial charge is 0.245 e. The van der Waals surface area contributed by atoms with Crippen LogP contribution in [0.5, 0.6) is 0 Å². The Morgan fingerprint density at radius 3 is 1.22 bits per heavy atom. The van der Waals surface area contributed by atoms with Gasteiger partial charge in [0, 0.05) is 13.0 Å². The molecule has 0 fully saturated rings. The number of likely N-dealkylation sites (N-methyl/N-ethyl adjacent to an activating group) is 1. The minimum Gasteiger partial charge on any atom is -0.391 e. The molecule has 0 aromatic carbocycles. The zero-order valence-corrected chi connectivity index (χ0v) is 34.9.